The summed E-state index contributed by atoms with van der Waals surface area (Å²) in [6, 6.07) is 18.8. The Labute approximate surface area is 172 Å². The molecule has 28 heavy (non-hydrogen) atoms. The SMILES string of the molecule is N/C(=N/OCCOc1ccc(Br)cc1)c1ccc(OCc2cccnc2)cc1. The van der Waals surface area contributed by atoms with E-state index in [2.05, 4.69) is 26.1 Å². The first-order valence-corrected chi connectivity index (χ1v) is 9.46. The average molecular weight is 442 g/mol. The second kappa shape index (κ2) is 10.3. The molecule has 0 bridgehead atoms. The third kappa shape index (κ3) is 6.28. The number of nitrogens with two attached hydrogens (primary N) is 1. The normalized spacial score (nSPS) is 11.1. The largest absolute Gasteiger partial charge is 0.490 e. The molecule has 0 unspecified atom stereocenters. The summed E-state index contributed by atoms with van der Waals surface area (Å²) in [7, 11) is 0. The van der Waals surface area contributed by atoms with Gasteiger partial charge >= 0.3 is 0 Å². The fourth-order valence-corrected chi connectivity index (χ4v) is 2.53. The minimum absolute atomic E-state index is 0.294. The van der Waals surface area contributed by atoms with Crippen LogP contribution in [0, 0.1) is 0 Å². The van der Waals surface area contributed by atoms with E-state index in [1.165, 1.54) is 0 Å². The molecule has 0 aliphatic heterocycles. The minimum atomic E-state index is 0.294. The number of hydrogen-bond donors (Lipinski definition) is 1. The van der Waals surface area contributed by atoms with E-state index in [0.717, 1.165) is 27.1 Å². The molecule has 3 aromatic rings. The Morgan fingerprint density at radius 3 is 2.36 bits per heavy atom. The maximum absolute atomic E-state index is 5.95. The standard InChI is InChI=1S/C21H20BrN3O3/c22-18-5-9-19(10-6-18)26-12-13-28-25-21(23)17-3-7-20(8-4-17)27-15-16-2-1-11-24-14-16/h1-11,14H,12-13,15H2,(H2,23,25). The lowest BCUT2D eigenvalue weighted by Crippen LogP contribution is -2.15. The summed E-state index contributed by atoms with van der Waals surface area (Å²) in [6.45, 7) is 1.13. The van der Waals surface area contributed by atoms with E-state index in [4.69, 9.17) is 20.0 Å². The van der Waals surface area contributed by atoms with E-state index in [9.17, 15) is 0 Å². The van der Waals surface area contributed by atoms with Gasteiger partial charge in [0.2, 0.25) is 0 Å². The summed E-state index contributed by atoms with van der Waals surface area (Å²) in [4.78, 5) is 9.28. The molecule has 1 heterocycles. The van der Waals surface area contributed by atoms with Gasteiger partial charge in [0.05, 0.1) is 0 Å². The predicted octanol–water partition coefficient (Wildman–Crippen LogP) is 4.14. The van der Waals surface area contributed by atoms with Crippen molar-refractivity contribution in [1.29, 1.82) is 0 Å². The van der Waals surface area contributed by atoms with E-state index in [1.807, 2.05) is 60.7 Å². The van der Waals surface area contributed by atoms with Gasteiger partial charge in [-0.1, -0.05) is 27.2 Å². The highest BCUT2D eigenvalue weighted by molar-refractivity contribution is 9.10. The molecule has 7 heteroatoms. The second-order valence-corrected chi connectivity index (χ2v) is 6.70. The lowest BCUT2D eigenvalue weighted by molar-refractivity contribution is 0.107. The van der Waals surface area contributed by atoms with Crippen molar-refractivity contribution in [3.63, 3.8) is 0 Å². The number of aromatic nitrogens is 1. The predicted molar refractivity (Wildman–Crippen MR) is 111 cm³/mol. The summed E-state index contributed by atoms with van der Waals surface area (Å²) in [5, 5.41) is 3.92. The van der Waals surface area contributed by atoms with Gasteiger partial charge in [-0.05, 0) is 54.6 Å². The van der Waals surface area contributed by atoms with Gasteiger partial charge in [0, 0.05) is 28.0 Å². The van der Waals surface area contributed by atoms with Crippen LogP contribution in [0.5, 0.6) is 11.5 Å². The molecule has 0 radical (unpaired) electrons. The van der Waals surface area contributed by atoms with E-state index in [-0.39, 0.29) is 0 Å². The summed E-state index contributed by atoms with van der Waals surface area (Å²) in [6.07, 6.45) is 3.51. The zero-order valence-electron chi connectivity index (χ0n) is 15.1. The molecule has 0 fully saturated rings. The van der Waals surface area contributed by atoms with Crippen LogP contribution in [0.2, 0.25) is 0 Å². The van der Waals surface area contributed by atoms with Crippen molar-refractivity contribution in [1.82, 2.24) is 4.98 Å². The third-order valence-corrected chi connectivity index (χ3v) is 4.23. The minimum Gasteiger partial charge on any atom is -0.490 e. The zero-order chi connectivity index (χ0) is 19.6. The van der Waals surface area contributed by atoms with Gasteiger partial charge in [-0.3, -0.25) is 4.98 Å². The Morgan fingerprint density at radius 2 is 1.64 bits per heavy atom. The van der Waals surface area contributed by atoms with Crippen molar-refractivity contribution >= 4 is 21.8 Å². The monoisotopic (exact) mass is 441 g/mol. The van der Waals surface area contributed by atoms with Gasteiger partial charge < -0.3 is 20.0 Å². The van der Waals surface area contributed by atoms with E-state index in [0.29, 0.717) is 25.7 Å². The molecule has 0 aliphatic carbocycles. The summed E-state index contributed by atoms with van der Waals surface area (Å²) in [5.41, 5.74) is 7.71. The summed E-state index contributed by atoms with van der Waals surface area (Å²) >= 11 is 3.38. The molecule has 2 N–H and O–H groups in total. The topological polar surface area (TPSA) is 79.0 Å². The van der Waals surface area contributed by atoms with Gasteiger partial charge in [0.25, 0.3) is 0 Å². The quantitative estimate of drug-likeness (QED) is 0.233. The zero-order valence-corrected chi connectivity index (χ0v) is 16.7. The van der Waals surface area contributed by atoms with Gasteiger partial charge in [0.15, 0.2) is 12.4 Å². The maximum atomic E-state index is 5.95. The lowest BCUT2D eigenvalue weighted by Gasteiger charge is -2.07. The second-order valence-electron chi connectivity index (χ2n) is 5.79. The summed E-state index contributed by atoms with van der Waals surface area (Å²) in [5.74, 6) is 1.80. The Morgan fingerprint density at radius 1 is 0.929 bits per heavy atom. The van der Waals surface area contributed by atoms with Crippen LogP contribution >= 0.6 is 15.9 Å². The van der Waals surface area contributed by atoms with Gasteiger partial charge in [-0.15, -0.1) is 0 Å². The number of hydrogen-bond acceptors (Lipinski definition) is 5. The molecule has 0 atom stereocenters. The van der Waals surface area contributed by atoms with Crippen molar-refractivity contribution in [2.75, 3.05) is 13.2 Å². The lowest BCUT2D eigenvalue weighted by atomic mass is 10.2. The van der Waals surface area contributed by atoms with Crippen LogP contribution in [0.4, 0.5) is 0 Å². The van der Waals surface area contributed by atoms with Crippen molar-refractivity contribution in [3.05, 3.63) is 88.7 Å². The number of amidine groups is 1. The van der Waals surface area contributed by atoms with Gasteiger partial charge in [0.1, 0.15) is 24.7 Å². The van der Waals surface area contributed by atoms with Crippen LogP contribution in [0.1, 0.15) is 11.1 Å². The van der Waals surface area contributed by atoms with Crippen molar-refractivity contribution < 1.29 is 14.3 Å². The smallest absolute Gasteiger partial charge is 0.170 e. The van der Waals surface area contributed by atoms with Crippen LogP contribution in [-0.2, 0) is 11.4 Å². The number of oxime groups is 1. The number of benzene rings is 2. The average Bonchev–Trinajstić information content (AvgIpc) is 2.74. The number of pyridine rings is 1. The van der Waals surface area contributed by atoms with Crippen molar-refractivity contribution in [3.8, 4) is 11.5 Å². The highest BCUT2D eigenvalue weighted by atomic mass is 79.9. The molecule has 1 aromatic heterocycles. The van der Waals surface area contributed by atoms with E-state index >= 15 is 0 Å². The first-order chi connectivity index (χ1) is 13.7. The first-order valence-electron chi connectivity index (χ1n) is 8.66. The Kier molecular flexibility index (Phi) is 7.26. The molecule has 0 spiro atoms. The van der Waals surface area contributed by atoms with Gasteiger partial charge in [-0.2, -0.15) is 0 Å². The van der Waals surface area contributed by atoms with E-state index < -0.39 is 0 Å². The Bertz CT molecular complexity index is 885. The number of ether oxygens (including phenoxy) is 2. The first kappa shape index (κ1) is 19.7. The molecule has 0 amide bonds. The molecule has 144 valence electrons. The maximum Gasteiger partial charge on any atom is 0.170 e. The molecule has 3 rings (SSSR count). The van der Waals surface area contributed by atoms with Crippen LogP contribution in [0.3, 0.4) is 0 Å². The molecule has 0 saturated heterocycles. The highest BCUT2D eigenvalue weighted by Crippen LogP contribution is 2.16. The fourth-order valence-electron chi connectivity index (χ4n) is 2.27. The van der Waals surface area contributed by atoms with Crippen LogP contribution in [0.25, 0.3) is 0 Å². The Hall–Kier alpha value is -3.06. The molecule has 6 nitrogen and oxygen atoms in total. The fraction of sp³-hybridized carbons (Fsp3) is 0.143. The van der Waals surface area contributed by atoms with Gasteiger partial charge in [-0.25, -0.2) is 0 Å². The number of rotatable bonds is 9. The molecular weight excluding hydrogens is 422 g/mol. The van der Waals surface area contributed by atoms with Crippen LogP contribution in [-0.4, -0.2) is 24.0 Å². The van der Waals surface area contributed by atoms with Crippen LogP contribution < -0.4 is 15.2 Å². The number of nitrogens with zero attached hydrogens (tertiary/aromatic N) is 2. The molecule has 0 aliphatic rings. The third-order valence-electron chi connectivity index (χ3n) is 3.70. The van der Waals surface area contributed by atoms with Crippen molar-refractivity contribution in [2.45, 2.75) is 6.61 Å². The number of halogens is 1. The molecule has 0 saturated carbocycles. The molecule has 2 aromatic carbocycles. The summed E-state index contributed by atoms with van der Waals surface area (Å²) < 4.78 is 12.3. The Balaban J connectivity index is 1.41. The molecular formula is C21H20BrN3O3. The highest BCUT2D eigenvalue weighted by Gasteiger charge is 2.01. The van der Waals surface area contributed by atoms with E-state index in [1.54, 1.807) is 12.4 Å². The van der Waals surface area contributed by atoms with Crippen molar-refractivity contribution in [2.24, 2.45) is 10.9 Å². The van der Waals surface area contributed by atoms with Crippen LogP contribution in [0.15, 0.2) is 82.7 Å².